The highest BCUT2D eigenvalue weighted by Gasteiger charge is 2.49. The highest BCUT2D eigenvalue weighted by molar-refractivity contribution is 6.08. The number of aryl methyl sites for hydroxylation is 1. The summed E-state index contributed by atoms with van der Waals surface area (Å²) in [7, 11) is 2.10. The fourth-order valence-electron chi connectivity index (χ4n) is 4.44. The lowest BCUT2D eigenvalue weighted by Gasteiger charge is -2.23. The monoisotopic (exact) mass is 388 g/mol. The minimum absolute atomic E-state index is 0.228. The maximum atomic E-state index is 13.0. The van der Waals surface area contributed by atoms with Gasteiger partial charge < -0.3 is 14.4 Å². The maximum absolute atomic E-state index is 13.0. The Balaban J connectivity index is 1.55. The molecular formula is C24H28N4O. The Morgan fingerprint density at radius 2 is 1.93 bits per heavy atom. The fourth-order valence-corrected chi connectivity index (χ4v) is 4.44. The van der Waals surface area contributed by atoms with Crippen molar-refractivity contribution in [3.63, 3.8) is 0 Å². The molecule has 5 nitrogen and oxygen atoms in total. The van der Waals surface area contributed by atoms with E-state index in [1.165, 1.54) is 5.70 Å². The number of likely N-dealkylation sites (N-methyl/N-ethyl adjacent to an activating group) is 1. The first kappa shape index (κ1) is 18.2. The molecule has 1 fully saturated rings. The summed E-state index contributed by atoms with van der Waals surface area (Å²) in [6.07, 6.45) is 8.74. The molecule has 0 spiro atoms. The summed E-state index contributed by atoms with van der Waals surface area (Å²) in [6, 6.07) is 6.77. The molecule has 3 heterocycles. The first-order chi connectivity index (χ1) is 13.8. The van der Waals surface area contributed by atoms with Gasteiger partial charge in [0.15, 0.2) is 0 Å². The zero-order chi connectivity index (χ0) is 20.5. The molecule has 1 amide bonds. The van der Waals surface area contributed by atoms with Crippen LogP contribution in [0.4, 0.5) is 5.69 Å². The standard InChI is InChI=1S/C24H28N4O/c1-15-12-19(10-11-26(15)5)27-14-21(25-16(27)2)17-6-9-20-22(13-17)28(18-7-8-18)23(29)24(20,3)4/h6,9-10,12-14,18H,7-8,11H2,1-5H3. The third-order valence-electron chi connectivity index (χ3n) is 6.59. The Hall–Kier alpha value is -2.82. The molecule has 0 atom stereocenters. The second kappa shape index (κ2) is 6.09. The maximum Gasteiger partial charge on any atom is 0.237 e. The van der Waals surface area contributed by atoms with Gasteiger partial charge in [0.1, 0.15) is 5.82 Å². The molecule has 2 aromatic rings. The topological polar surface area (TPSA) is 41.4 Å². The van der Waals surface area contributed by atoms with Crippen molar-refractivity contribution < 1.29 is 4.79 Å². The van der Waals surface area contributed by atoms with Crippen molar-refractivity contribution >= 4 is 17.3 Å². The van der Waals surface area contributed by atoms with Crippen molar-refractivity contribution in [1.82, 2.24) is 14.5 Å². The number of benzene rings is 1. The van der Waals surface area contributed by atoms with E-state index in [-0.39, 0.29) is 5.91 Å². The summed E-state index contributed by atoms with van der Waals surface area (Å²) in [5, 5.41) is 0. The molecule has 1 aromatic heterocycles. The van der Waals surface area contributed by atoms with E-state index in [1.54, 1.807) is 0 Å². The van der Waals surface area contributed by atoms with Crippen LogP contribution >= 0.6 is 0 Å². The largest absolute Gasteiger partial charge is 0.374 e. The summed E-state index contributed by atoms with van der Waals surface area (Å²) >= 11 is 0. The molecule has 0 bridgehead atoms. The molecule has 0 N–H and O–H groups in total. The van der Waals surface area contributed by atoms with Gasteiger partial charge in [-0.2, -0.15) is 0 Å². The van der Waals surface area contributed by atoms with Crippen molar-refractivity contribution in [2.75, 3.05) is 18.5 Å². The van der Waals surface area contributed by atoms with Crippen LogP contribution in [0.25, 0.3) is 17.0 Å². The molecule has 150 valence electrons. The smallest absolute Gasteiger partial charge is 0.237 e. The van der Waals surface area contributed by atoms with Gasteiger partial charge in [0.05, 0.1) is 11.1 Å². The Morgan fingerprint density at radius 3 is 2.62 bits per heavy atom. The number of carbonyl (C=O) groups is 1. The van der Waals surface area contributed by atoms with Gasteiger partial charge in [-0.05, 0) is 64.3 Å². The normalized spacial score (nSPS) is 20.7. The van der Waals surface area contributed by atoms with Crippen LogP contribution in [0.5, 0.6) is 0 Å². The van der Waals surface area contributed by atoms with Gasteiger partial charge >= 0.3 is 0 Å². The van der Waals surface area contributed by atoms with Gasteiger partial charge in [-0.3, -0.25) is 4.79 Å². The zero-order valence-electron chi connectivity index (χ0n) is 17.9. The second-order valence-corrected chi connectivity index (χ2v) is 9.10. The summed E-state index contributed by atoms with van der Waals surface area (Å²) in [4.78, 5) is 22.1. The van der Waals surface area contributed by atoms with Gasteiger partial charge in [-0.25, -0.2) is 4.98 Å². The molecule has 1 saturated carbocycles. The van der Waals surface area contributed by atoms with Crippen LogP contribution in [0, 0.1) is 6.92 Å². The first-order valence-corrected chi connectivity index (χ1v) is 10.4. The summed E-state index contributed by atoms with van der Waals surface area (Å²) in [5.74, 6) is 1.20. The van der Waals surface area contributed by atoms with Crippen LogP contribution < -0.4 is 4.90 Å². The van der Waals surface area contributed by atoms with E-state index in [1.807, 2.05) is 25.7 Å². The van der Waals surface area contributed by atoms with E-state index in [0.29, 0.717) is 6.04 Å². The van der Waals surface area contributed by atoms with Crippen LogP contribution in [-0.2, 0) is 10.2 Å². The lowest BCUT2D eigenvalue weighted by molar-refractivity contribution is -0.122. The molecule has 3 aliphatic rings. The lowest BCUT2D eigenvalue weighted by atomic mass is 9.86. The number of imidazole rings is 1. The molecule has 2 aliphatic heterocycles. The number of fused-ring (bicyclic) bond motifs is 1. The Morgan fingerprint density at radius 1 is 1.17 bits per heavy atom. The van der Waals surface area contributed by atoms with Gasteiger partial charge in [0, 0.05) is 48.5 Å². The number of hydrogen-bond acceptors (Lipinski definition) is 3. The first-order valence-electron chi connectivity index (χ1n) is 10.4. The average molecular weight is 389 g/mol. The van der Waals surface area contributed by atoms with Gasteiger partial charge in [0.25, 0.3) is 0 Å². The molecular weight excluding hydrogens is 360 g/mol. The Kier molecular flexibility index (Phi) is 3.83. The number of rotatable bonds is 3. The van der Waals surface area contributed by atoms with Crippen molar-refractivity contribution in [3.8, 4) is 11.3 Å². The van der Waals surface area contributed by atoms with Crippen LogP contribution in [0.3, 0.4) is 0 Å². The molecule has 1 aliphatic carbocycles. The molecule has 0 radical (unpaired) electrons. The van der Waals surface area contributed by atoms with E-state index in [2.05, 4.69) is 60.0 Å². The lowest BCUT2D eigenvalue weighted by Crippen LogP contribution is -2.37. The quantitative estimate of drug-likeness (QED) is 0.786. The molecule has 1 aromatic carbocycles. The molecule has 0 saturated heterocycles. The number of nitrogens with zero attached hydrogens (tertiary/aromatic N) is 4. The Labute approximate surface area is 172 Å². The highest BCUT2D eigenvalue weighted by Crippen LogP contribution is 2.47. The number of hydrogen-bond donors (Lipinski definition) is 0. The third kappa shape index (κ3) is 2.75. The average Bonchev–Trinajstić information content (AvgIpc) is 3.40. The molecule has 29 heavy (non-hydrogen) atoms. The van der Waals surface area contributed by atoms with E-state index < -0.39 is 5.41 Å². The van der Waals surface area contributed by atoms with E-state index >= 15 is 0 Å². The highest BCUT2D eigenvalue weighted by atomic mass is 16.2. The van der Waals surface area contributed by atoms with Gasteiger partial charge in [0.2, 0.25) is 5.91 Å². The van der Waals surface area contributed by atoms with Crippen LogP contribution in [0.15, 0.2) is 42.2 Å². The van der Waals surface area contributed by atoms with Crippen LogP contribution in [-0.4, -0.2) is 40.0 Å². The fraction of sp³-hybridized carbons (Fsp3) is 0.417. The predicted molar refractivity (Wildman–Crippen MR) is 117 cm³/mol. The second-order valence-electron chi connectivity index (χ2n) is 9.10. The number of amides is 1. The number of anilines is 1. The third-order valence-corrected chi connectivity index (χ3v) is 6.59. The number of carbonyl (C=O) groups excluding carboxylic acids is 1. The summed E-state index contributed by atoms with van der Waals surface area (Å²) in [6.45, 7) is 9.15. The Bertz CT molecular complexity index is 1080. The molecule has 5 heteroatoms. The zero-order valence-corrected chi connectivity index (χ0v) is 17.9. The van der Waals surface area contributed by atoms with Gasteiger partial charge in [-0.1, -0.05) is 12.1 Å². The molecule has 5 rings (SSSR count). The summed E-state index contributed by atoms with van der Waals surface area (Å²) < 4.78 is 2.16. The number of allylic oxidation sites excluding steroid dienone is 3. The SMILES string of the molecule is CC1=CC(n2cc(-c3ccc4c(c3)N(C3CC3)C(=O)C4(C)C)nc2C)=CCN1C. The number of aromatic nitrogens is 2. The van der Waals surface area contributed by atoms with Crippen LogP contribution in [0.1, 0.15) is 45.0 Å². The van der Waals surface area contributed by atoms with Crippen molar-refractivity contribution in [2.45, 2.75) is 52.0 Å². The van der Waals surface area contributed by atoms with E-state index in [0.717, 1.165) is 53.4 Å². The van der Waals surface area contributed by atoms with Crippen LogP contribution in [0.2, 0.25) is 0 Å². The molecule has 0 unspecified atom stereocenters. The van der Waals surface area contributed by atoms with Crippen molar-refractivity contribution in [3.05, 3.63) is 53.6 Å². The van der Waals surface area contributed by atoms with Gasteiger partial charge in [-0.15, -0.1) is 0 Å². The van der Waals surface area contributed by atoms with E-state index in [4.69, 9.17) is 4.98 Å². The summed E-state index contributed by atoms with van der Waals surface area (Å²) in [5.41, 5.74) is 6.17. The van der Waals surface area contributed by atoms with E-state index in [9.17, 15) is 4.79 Å². The van der Waals surface area contributed by atoms with Crippen molar-refractivity contribution in [1.29, 1.82) is 0 Å². The minimum Gasteiger partial charge on any atom is -0.374 e. The minimum atomic E-state index is -0.451. The van der Waals surface area contributed by atoms with Crippen molar-refractivity contribution in [2.24, 2.45) is 0 Å². The predicted octanol–water partition coefficient (Wildman–Crippen LogP) is 4.34.